The second kappa shape index (κ2) is 6.04. The smallest absolute Gasteiger partial charge is 0.0389 e. The predicted molar refractivity (Wildman–Crippen MR) is 88.3 cm³/mol. The lowest BCUT2D eigenvalue weighted by Gasteiger charge is -2.43. The van der Waals surface area contributed by atoms with E-state index in [1.54, 1.807) is 0 Å². The molecule has 0 radical (unpaired) electrons. The second-order valence-electron chi connectivity index (χ2n) is 6.10. The highest BCUT2D eigenvalue weighted by molar-refractivity contribution is 9.10. The van der Waals surface area contributed by atoms with Gasteiger partial charge in [0.25, 0.3) is 0 Å². The van der Waals surface area contributed by atoms with Gasteiger partial charge in [-0.3, -0.25) is 4.90 Å². The van der Waals surface area contributed by atoms with Gasteiger partial charge in [0, 0.05) is 41.9 Å². The summed E-state index contributed by atoms with van der Waals surface area (Å²) in [4.78, 5) is 5.26. The number of rotatable bonds is 3. The summed E-state index contributed by atoms with van der Waals surface area (Å²) in [6.45, 7) is 6.95. The quantitative estimate of drug-likeness (QED) is 0.914. The van der Waals surface area contributed by atoms with Crippen LogP contribution in [0.3, 0.4) is 0 Å². The maximum Gasteiger partial charge on any atom is 0.0389 e. The second-order valence-corrected chi connectivity index (χ2v) is 6.95. The van der Waals surface area contributed by atoms with E-state index in [1.807, 2.05) is 7.05 Å². The Bertz CT molecular complexity index is 477. The molecule has 20 heavy (non-hydrogen) atoms. The lowest BCUT2D eigenvalue weighted by molar-refractivity contribution is 0.203. The molecule has 4 heteroatoms. The summed E-state index contributed by atoms with van der Waals surface area (Å²) in [6.07, 6.45) is 2.73. The normalized spacial score (nSPS) is 26.9. The number of halogens is 1. The van der Waals surface area contributed by atoms with Crippen molar-refractivity contribution in [2.75, 3.05) is 31.6 Å². The standard InChI is InChI=1S/C16H24BrN3/c1-12-10-19-7-3-4-15(19)11-20(12)14-6-5-13(9-18-2)16(17)8-14/h5-6,8,12,15,18H,3-4,7,9-11H2,1-2H3. The molecule has 2 saturated heterocycles. The lowest BCUT2D eigenvalue weighted by Crippen LogP contribution is -2.55. The summed E-state index contributed by atoms with van der Waals surface area (Å²) < 4.78 is 1.21. The average Bonchev–Trinajstić information content (AvgIpc) is 2.87. The third kappa shape index (κ3) is 2.74. The van der Waals surface area contributed by atoms with Gasteiger partial charge in [-0.15, -0.1) is 0 Å². The van der Waals surface area contributed by atoms with E-state index in [0.717, 1.165) is 12.6 Å². The predicted octanol–water partition coefficient (Wildman–Crippen LogP) is 2.84. The van der Waals surface area contributed by atoms with Gasteiger partial charge in [-0.25, -0.2) is 0 Å². The van der Waals surface area contributed by atoms with Gasteiger partial charge in [-0.1, -0.05) is 22.0 Å². The van der Waals surface area contributed by atoms with Gasteiger partial charge in [0.05, 0.1) is 0 Å². The zero-order chi connectivity index (χ0) is 14.1. The minimum Gasteiger partial charge on any atom is -0.366 e. The van der Waals surface area contributed by atoms with Crippen LogP contribution >= 0.6 is 15.9 Å². The van der Waals surface area contributed by atoms with E-state index in [1.165, 1.54) is 48.2 Å². The van der Waals surface area contributed by atoms with Gasteiger partial charge in [0.1, 0.15) is 0 Å². The average molecular weight is 338 g/mol. The molecule has 1 aromatic rings. The zero-order valence-electron chi connectivity index (χ0n) is 12.4. The highest BCUT2D eigenvalue weighted by Gasteiger charge is 2.34. The van der Waals surface area contributed by atoms with Crippen LogP contribution < -0.4 is 10.2 Å². The van der Waals surface area contributed by atoms with Crippen molar-refractivity contribution >= 4 is 21.6 Å². The van der Waals surface area contributed by atoms with Gasteiger partial charge in [0.2, 0.25) is 0 Å². The van der Waals surface area contributed by atoms with Gasteiger partial charge in [-0.2, -0.15) is 0 Å². The topological polar surface area (TPSA) is 18.5 Å². The molecule has 2 aliphatic rings. The molecule has 3 nitrogen and oxygen atoms in total. The Morgan fingerprint density at radius 2 is 2.20 bits per heavy atom. The van der Waals surface area contributed by atoms with E-state index in [9.17, 15) is 0 Å². The number of fused-ring (bicyclic) bond motifs is 1. The highest BCUT2D eigenvalue weighted by atomic mass is 79.9. The van der Waals surface area contributed by atoms with Gasteiger partial charge in [0.15, 0.2) is 0 Å². The fourth-order valence-corrected chi connectivity index (χ4v) is 4.10. The first-order chi connectivity index (χ1) is 9.69. The molecular formula is C16H24BrN3. The van der Waals surface area contributed by atoms with Crippen LogP contribution in [0.1, 0.15) is 25.3 Å². The molecule has 1 N–H and O–H groups in total. The molecule has 2 fully saturated rings. The molecule has 0 aromatic heterocycles. The largest absolute Gasteiger partial charge is 0.366 e. The third-order valence-electron chi connectivity index (χ3n) is 4.67. The molecule has 0 saturated carbocycles. The summed E-state index contributed by atoms with van der Waals surface area (Å²) in [7, 11) is 1.99. The number of hydrogen-bond donors (Lipinski definition) is 1. The Balaban J connectivity index is 1.79. The van der Waals surface area contributed by atoms with Crippen LogP contribution in [0, 0.1) is 0 Å². The third-order valence-corrected chi connectivity index (χ3v) is 5.41. The molecule has 3 rings (SSSR count). The van der Waals surface area contributed by atoms with Crippen LogP contribution in [-0.2, 0) is 6.54 Å². The molecule has 0 amide bonds. The Labute approximate surface area is 130 Å². The van der Waals surface area contributed by atoms with Crippen molar-refractivity contribution in [1.82, 2.24) is 10.2 Å². The van der Waals surface area contributed by atoms with Crippen molar-refractivity contribution in [2.24, 2.45) is 0 Å². The van der Waals surface area contributed by atoms with Crippen LogP contribution in [-0.4, -0.2) is 43.7 Å². The molecular weight excluding hydrogens is 314 g/mol. The van der Waals surface area contributed by atoms with Crippen molar-refractivity contribution in [3.05, 3.63) is 28.2 Å². The van der Waals surface area contributed by atoms with Crippen molar-refractivity contribution in [3.8, 4) is 0 Å². The SMILES string of the molecule is CNCc1ccc(N2CC3CCCN3CC2C)cc1Br. The molecule has 1 aromatic carbocycles. The summed E-state index contributed by atoms with van der Waals surface area (Å²) in [5.41, 5.74) is 2.68. The van der Waals surface area contributed by atoms with Crippen LogP contribution in [0.25, 0.3) is 0 Å². The first kappa shape index (κ1) is 14.4. The zero-order valence-corrected chi connectivity index (χ0v) is 14.0. The van der Waals surface area contributed by atoms with E-state index in [2.05, 4.69) is 56.2 Å². The summed E-state index contributed by atoms with van der Waals surface area (Å²) in [6, 6.07) is 8.17. The monoisotopic (exact) mass is 337 g/mol. The van der Waals surface area contributed by atoms with Crippen LogP contribution in [0.4, 0.5) is 5.69 Å². The summed E-state index contributed by atoms with van der Waals surface area (Å²) in [5.74, 6) is 0. The van der Waals surface area contributed by atoms with Crippen molar-refractivity contribution in [1.29, 1.82) is 0 Å². The van der Waals surface area contributed by atoms with E-state index in [0.29, 0.717) is 6.04 Å². The Kier molecular flexibility index (Phi) is 4.34. The highest BCUT2D eigenvalue weighted by Crippen LogP contribution is 2.31. The Morgan fingerprint density at radius 3 is 2.95 bits per heavy atom. The minimum absolute atomic E-state index is 0.603. The van der Waals surface area contributed by atoms with Crippen molar-refractivity contribution in [3.63, 3.8) is 0 Å². The fraction of sp³-hybridized carbons (Fsp3) is 0.625. The molecule has 2 atom stereocenters. The van der Waals surface area contributed by atoms with Gasteiger partial charge >= 0.3 is 0 Å². The van der Waals surface area contributed by atoms with E-state index < -0.39 is 0 Å². The lowest BCUT2D eigenvalue weighted by atomic mass is 10.1. The van der Waals surface area contributed by atoms with Gasteiger partial charge in [-0.05, 0) is 51.1 Å². The maximum absolute atomic E-state index is 3.71. The maximum atomic E-state index is 3.71. The minimum atomic E-state index is 0.603. The molecule has 0 spiro atoms. The molecule has 2 heterocycles. The fourth-order valence-electron chi connectivity index (χ4n) is 3.60. The molecule has 2 aliphatic heterocycles. The Morgan fingerprint density at radius 1 is 1.35 bits per heavy atom. The van der Waals surface area contributed by atoms with Crippen LogP contribution in [0.15, 0.2) is 22.7 Å². The first-order valence-electron chi connectivity index (χ1n) is 7.62. The van der Waals surface area contributed by atoms with Crippen molar-refractivity contribution in [2.45, 2.75) is 38.4 Å². The Hall–Kier alpha value is -0.580. The summed E-state index contributed by atoms with van der Waals surface area (Å²) in [5, 5.41) is 3.21. The number of benzene rings is 1. The van der Waals surface area contributed by atoms with E-state index in [4.69, 9.17) is 0 Å². The van der Waals surface area contributed by atoms with Crippen LogP contribution in [0.5, 0.6) is 0 Å². The number of piperazine rings is 1. The number of nitrogens with one attached hydrogen (secondary N) is 1. The van der Waals surface area contributed by atoms with E-state index in [-0.39, 0.29) is 0 Å². The summed E-state index contributed by atoms with van der Waals surface area (Å²) >= 11 is 3.71. The number of nitrogens with zero attached hydrogens (tertiary/aromatic N) is 2. The van der Waals surface area contributed by atoms with Crippen molar-refractivity contribution < 1.29 is 0 Å². The van der Waals surface area contributed by atoms with Crippen LogP contribution in [0.2, 0.25) is 0 Å². The molecule has 2 unspecified atom stereocenters. The van der Waals surface area contributed by atoms with Gasteiger partial charge < -0.3 is 10.2 Å². The number of hydrogen-bond acceptors (Lipinski definition) is 3. The van der Waals surface area contributed by atoms with E-state index >= 15 is 0 Å². The molecule has 0 bridgehead atoms. The first-order valence-corrected chi connectivity index (χ1v) is 8.42. The number of anilines is 1. The molecule has 0 aliphatic carbocycles. The molecule has 110 valence electrons.